The number of unbranched alkanes of at least 4 members (excludes halogenated alkanes) is 11. The Hall–Kier alpha value is -8.16. The van der Waals surface area contributed by atoms with Gasteiger partial charge in [-0.3, -0.25) is 24.0 Å². The van der Waals surface area contributed by atoms with Crippen LogP contribution in [0.1, 0.15) is 150 Å². The lowest BCUT2D eigenvalue weighted by molar-refractivity contribution is -0.148. The quantitative estimate of drug-likeness (QED) is 0.00435. The molecule has 0 saturated carbocycles. The number of carbonyl (C=O) groups is 6. The summed E-state index contributed by atoms with van der Waals surface area (Å²) in [6.07, 6.45) is 16.7. The first-order chi connectivity index (χ1) is 43.0. The minimum atomic E-state index is -1.58. The molecule has 476 valence electrons. The fourth-order valence-electron chi connectivity index (χ4n) is 11.1. The maximum Gasteiger partial charge on any atom is 0.339 e. The zero-order valence-electron chi connectivity index (χ0n) is 52.2. The monoisotopic (exact) mass is 1220 g/mol. The van der Waals surface area contributed by atoms with Crippen molar-refractivity contribution < 1.29 is 67.8 Å². The Morgan fingerprint density at radius 2 is 1.34 bits per heavy atom. The van der Waals surface area contributed by atoms with Crippen molar-refractivity contribution in [2.24, 2.45) is 0 Å². The smallest absolute Gasteiger partial charge is 0.339 e. The topological polar surface area (TPSA) is 252 Å². The van der Waals surface area contributed by atoms with Crippen LogP contribution >= 0.6 is 0 Å². The first-order valence-electron chi connectivity index (χ1n) is 31.1. The van der Waals surface area contributed by atoms with Gasteiger partial charge in [0.1, 0.15) is 40.7 Å². The fraction of sp³-hybridized carbons (Fsp3) is 0.437. The molecule has 0 spiro atoms. The minimum absolute atomic E-state index is 0.0119. The Kier molecular flexibility index (Phi) is 25.7. The molecule has 18 heteroatoms. The van der Waals surface area contributed by atoms with Crippen molar-refractivity contribution in [3.8, 4) is 5.75 Å². The molecule has 3 saturated heterocycles. The third kappa shape index (κ3) is 18.7. The molecule has 0 unspecified atom stereocenters. The number of allylic oxidation sites excluding steroid dienone is 3. The van der Waals surface area contributed by atoms with Crippen LogP contribution in [0.2, 0.25) is 0 Å². The van der Waals surface area contributed by atoms with Gasteiger partial charge in [-0.15, -0.1) is 0 Å². The first kappa shape index (κ1) is 68.3. The summed E-state index contributed by atoms with van der Waals surface area (Å²) in [7, 11) is 1.46. The van der Waals surface area contributed by atoms with Crippen molar-refractivity contribution in [2.45, 2.75) is 166 Å². The van der Waals surface area contributed by atoms with E-state index >= 15 is 0 Å². The van der Waals surface area contributed by atoms with Gasteiger partial charge >= 0.3 is 11.9 Å². The van der Waals surface area contributed by atoms with Crippen LogP contribution in [0, 0.1) is 6.92 Å². The number of ketones is 1. The van der Waals surface area contributed by atoms with Gasteiger partial charge in [0.25, 0.3) is 11.8 Å². The maximum atomic E-state index is 13.9. The van der Waals surface area contributed by atoms with Gasteiger partial charge in [-0.2, -0.15) is 0 Å². The molecule has 0 aromatic heterocycles. The normalized spacial score (nSPS) is 18.8. The highest BCUT2D eigenvalue weighted by atomic mass is 16.6. The van der Waals surface area contributed by atoms with Gasteiger partial charge in [-0.1, -0.05) is 180 Å². The Labute approximate surface area is 522 Å². The Balaban J connectivity index is 0.000000254. The summed E-state index contributed by atoms with van der Waals surface area (Å²) in [5.41, 5.74) is 0.815. The summed E-state index contributed by atoms with van der Waals surface area (Å²) in [6.45, 7) is 8.49. The minimum Gasteiger partial charge on any atom is -0.513 e. The van der Waals surface area contributed by atoms with Crippen LogP contribution in [-0.4, -0.2) is 125 Å². The van der Waals surface area contributed by atoms with E-state index in [0.717, 1.165) is 67.2 Å². The second-order valence-corrected chi connectivity index (χ2v) is 23.2. The highest BCUT2D eigenvalue weighted by Gasteiger charge is 2.59. The van der Waals surface area contributed by atoms with Gasteiger partial charge in [-0.25, -0.2) is 4.79 Å². The maximum absolute atomic E-state index is 13.9. The van der Waals surface area contributed by atoms with Crippen molar-refractivity contribution >= 4 is 46.2 Å². The molecule has 3 aliphatic rings. The molecule has 18 nitrogen and oxygen atoms in total. The Morgan fingerprint density at radius 1 is 0.764 bits per heavy atom. The lowest BCUT2D eigenvalue weighted by Gasteiger charge is -2.36. The summed E-state index contributed by atoms with van der Waals surface area (Å²) in [5.74, 6) is -3.96. The lowest BCUT2D eigenvalue weighted by Crippen LogP contribution is -2.49. The fourth-order valence-corrected chi connectivity index (χ4v) is 11.1. The van der Waals surface area contributed by atoms with E-state index in [0.29, 0.717) is 23.8 Å². The van der Waals surface area contributed by atoms with E-state index in [4.69, 9.17) is 23.7 Å². The third-order valence-electron chi connectivity index (χ3n) is 16.2. The number of nitrogens with zero attached hydrogens (tertiary/aromatic N) is 1. The number of piperidine rings is 1. The van der Waals surface area contributed by atoms with Gasteiger partial charge < -0.3 is 59.9 Å². The number of aliphatic hydroxyl groups excluding tert-OH is 3. The molecule has 3 aliphatic heterocycles. The molecule has 6 N–H and O–H groups in total. The van der Waals surface area contributed by atoms with Crippen LogP contribution in [0.25, 0.3) is 10.8 Å². The summed E-state index contributed by atoms with van der Waals surface area (Å²) in [4.78, 5) is 78.9. The Morgan fingerprint density at radius 3 is 1.88 bits per heavy atom. The van der Waals surface area contributed by atoms with Crippen LogP contribution in [0.3, 0.4) is 0 Å². The predicted octanol–water partition coefficient (Wildman–Crippen LogP) is 10.4. The molecule has 3 fully saturated rings. The molecule has 3 heterocycles. The number of esters is 2. The number of nitrogens with one attached hydrogen (secondary N) is 3. The van der Waals surface area contributed by atoms with Crippen LogP contribution < -0.4 is 20.7 Å². The van der Waals surface area contributed by atoms with Crippen molar-refractivity contribution in [2.75, 3.05) is 33.4 Å². The third-order valence-corrected chi connectivity index (χ3v) is 16.2. The molecule has 0 radical (unpaired) electrons. The van der Waals surface area contributed by atoms with E-state index in [2.05, 4.69) is 71.4 Å². The number of amides is 3. The highest BCUT2D eigenvalue weighted by Crippen LogP contribution is 2.43. The predicted molar refractivity (Wildman–Crippen MR) is 339 cm³/mol. The number of ether oxygens (including phenoxy) is 5. The number of rotatable bonds is 33. The standard InChI is InChI=1S/C40H55NO3.C31H33N3O11/c1-2-3-4-5-6-7-8-9-10-11-12-13-14-15-25-32-39(43)41-33-38(42)34-44-40(35-26-19-16-20-27-35,36-28-21-17-22-29-36)37-30-23-18-24-31-37;1-14-7-6-8-18-19(14)9-17(42-5)10-20(18)30(41)45-27(31(4)13-43-31)29(40)33-23(28(39)32-21(12-35)15(2)36)24-26(44-16(3)37)25(38)22-11-34(22)24/h9-10,16-24,26-31,38,42H,2-8,11-15,25,32-34H2,1H3,(H,41,43);6-10,12,22,25-27,35,38H,11,13H2,1-5H3,(H,32,39)(H,33,40)/b10-9+;21-12-,24-23+/t38-;22-,25+,26+,27+,31-,34?/m00/s1. The van der Waals surface area contributed by atoms with Crippen LogP contribution in [0.4, 0.5) is 0 Å². The first-order valence-corrected chi connectivity index (χ1v) is 31.1. The van der Waals surface area contributed by atoms with Crippen molar-refractivity contribution in [1.82, 2.24) is 20.9 Å². The largest absolute Gasteiger partial charge is 0.513 e. The molecular formula is C71H88N4O14. The summed E-state index contributed by atoms with van der Waals surface area (Å²) >= 11 is 0. The SMILES string of the molecule is CCCCCCCC/C=C/CCCCCCCC(=O)NC[C@H](O)COC(c1ccccc1)(c1ccccc1)c1ccccc1.COc1cc(C(=O)O[C@H](C(=O)N/C(C(=O)N/C(=C\O)C(C)=O)=C2\[C@@H](OC(C)=O)[C@H](O)[C@@H]3CN23)[C@]2(C)CO2)c2cccc(C)c2c1. The molecule has 5 aromatic carbocycles. The van der Waals surface area contributed by atoms with Gasteiger partial charge in [0.2, 0.25) is 12.0 Å². The number of Topliss-reactive ketones (excluding diaryl/α,β-unsaturated/α-hetero) is 1. The molecule has 3 amide bonds. The van der Waals surface area contributed by atoms with E-state index in [1.165, 1.54) is 71.0 Å². The molecule has 0 aliphatic carbocycles. The number of carbonyl (C=O) groups excluding carboxylic acids is 6. The molecule has 0 bridgehead atoms. The second kappa shape index (κ2) is 33.4. The van der Waals surface area contributed by atoms with E-state index in [-0.39, 0.29) is 43.5 Å². The molecular weight excluding hydrogens is 1130 g/mol. The van der Waals surface area contributed by atoms with E-state index in [9.17, 15) is 44.1 Å². The number of aliphatic hydroxyl groups is 3. The van der Waals surface area contributed by atoms with Crippen molar-refractivity contribution in [1.29, 1.82) is 0 Å². The number of aryl methyl sites for hydroxylation is 1. The molecule has 8 rings (SSSR count). The number of hydrogen-bond donors (Lipinski definition) is 6. The van der Waals surface area contributed by atoms with Crippen LogP contribution in [0.5, 0.6) is 5.75 Å². The number of hydrogen-bond acceptors (Lipinski definition) is 15. The van der Waals surface area contributed by atoms with Crippen LogP contribution in [-0.2, 0) is 48.5 Å². The Bertz CT molecular complexity index is 3180. The van der Waals surface area contributed by atoms with E-state index < -0.39 is 82.6 Å². The lowest BCUT2D eigenvalue weighted by atomic mass is 9.80. The molecule has 89 heavy (non-hydrogen) atoms. The van der Waals surface area contributed by atoms with Crippen molar-refractivity contribution in [3.05, 3.63) is 185 Å². The molecule has 6 atom stereocenters. The number of epoxide rings is 1. The second-order valence-electron chi connectivity index (χ2n) is 23.2. The summed E-state index contributed by atoms with van der Waals surface area (Å²) < 4.78 is 28.6. The van der Waals surface area contributed by atoms with E-state index in [1.54, 1.807) is 30.0 Å². The average molecular weight is 1220 g/mol. The van der Waals surface area contributed by atoms with Gasteiger partial charge in [0.15, 0.2) is 11.9 Å². The molecule has 5 aromatic rings. The number of fused-ring (bicyclic) bond motifs is 2. The van der Waals surface area contributed by atoms with Crippen LogP contribution in [0.15, 0.2) is 157 Å². The highest BCUT2D eigenvalue weighted by molar-refractivity contribution is 6.08. The number of methoxy groups -OCH3 is 1. The van der Waals surface area contributed by atoms with Crippen molar-refractivity contribution in [3.63, 3.8) is 0 Å². The number of benzene rings is 5. The van der Waals surface area contributed by atoms with E-state index in [1.807, 2.05) is 67.6 Å². The summed E-state index contributed by atoms with van der Waals surface area (Å²) in [5, 5.41) is 40.0. The average Bonchev–Trinajstić information content (AvgIpc) is 1.62. The summed E-state index contributed by atoms with van der Waals surface area (Å²) in [6, 6.07) is 38.5. The van der Waals surface area contributed by atoms with Gasteiger partial charge in [0.05, 0.1) is 43.7 Å². The zero-order valence-corrected chi connectivity index (χ0v) is 52.2. The van der Waals surface area contributed by atoms with Gasteiger partial charge in [0, 0.05) is 33.4 Å². The zero-order chi connectivity index (χ0) is 63.9. The van der Waals surface area contributed by atoms with Gasteiger partial charge in [-0.05, 0) is 91.1 Å².